The number of rotatable bonds is 6. The fourth-order valence-corrected chi connectivity index (χ4v) is 3.90. The summed E-state index contributed by atoms with van der Waals surface area (Å²) in [5.41, 5.74) is 2.83. The second kappa shape index (κ2) is 8.56. The summed E-state index contributed by atoms with van der Waals surface area (Å²) in [7, 11) is 0. The van der Waals surface area contributed by atoms with E-state index in [0.717, 1.165) is 5.56 Å². The maximum Gasteiger partial charge on any atom is 0.242 e. The summed E-state index contributed by atoms with van der Waals surface area (Å²) in [6.07, 6.45) is 1.40. The number of aromatic nitrogens is 1. The Hall–Kier alpha value is -3.50. The van der Waals surface area contributed by atoms with Crippen molar-refractivity contribution in [2.75, 3.05) is 0 Å². The molecule has 0 spiro atoms. The minimum atomic E-state index is -2.67. The van der Waals surface area contributed by atoms with Crippen molar-refractivity contribution in [3.8, 4) is 11.1 Å². The number of carbonyl (C=O) groups is 1. The molecular formula is C25H18ClFN2O3. The average molecular weight is 449 g/mol. The van der Waals surface area contributed by atoms with Gasteiger partial charge in [-0.15, -0.1) is 0 Å². The fourth-order valence-electron chi connectivity index (χ4n) is 3.65. The lowest BCUT2D eigenvalue weighted by Crippen LogP contribution is -2.43. The fraction of sp³-hybridized carbons (Fsp3) is 0.120. The van der Waals surface area contributed by atoms with Crippen LogP contribution < -0.4 is 0 Å². The van der Waals surface area contributed by atoms with Gasteiger partial charge in [0.05, 0.1) is 13.1 Å². The van der Waals surface area contributed by atoms with Gasteiger partial charge in [-0.3, -0.25) is 4.79 Å². The molecule has 0 fully saturated rings. The molecule has 0 bridgehead atoms. The number of aliphatic hydroxyl groups is 2. The predicted molar refractivity (Wildman–Crippen MR) is 121 cm³/mol. The van der Waals surface area contributed by atoms with Crippen LogP contribution in [0.5, 0.6) is 0 Å². The number of Topliss-reactive ketones (excluding diaryl/α,β-unsaturated/α-hetero) is 1. The first kappa shape index (κ1) is 21.7. The Morgan fingerprint density at radius 2 is 1.84 bits per heavy atom. The van der Waals surface area contributed by atoms with Crippen molar-refractivity contribution in [1.29, 1.82) is 0 Å². The van der Waals surface area contributed by atoms with Gasteiger partial charge in [0.15, 0.2) is 5.78 Å². The van der Waals surface area contributed by atoms with Gasteiger partial charge in [-0.1, -0.05) is 60.1 Å². The molecule has 0 saturated heterocycles. The van der Waals surface area contributed by atoms with E-state index in [9.17, 15) is 19.4 Å². The number of hydrogen-bond acceptors (Lipinski definition) is 3. The largest absolute Gasteiger partial charge is 0.358 e. The Labute approximate surface area is 188 Å². The minimum absolute atomic E-state index is 0.192. The molecule has 0 unspecified atom stereocenters. The van der Waals surface area contributed by atoms with E-state index in [1.54, 1.807) is 18.3 Å². The normalized spacial score (nSPS) is 11.5. The smallest absolute Gasteiger partial charge is 0.242 e. The average Bonchev–Trinajstić information content (AvgIpc) is 3.11. The Kier molecular flexibility index (Phi) is 5.81. The zero-order valence-corrected chi connectivity index (χ0v) is 17.6. The maximum atomic E-state index is 13.9. The summed E-state index contributed by atoms with van der Waals surface area (Å²) in [4.78, 5) is 16.0. The number of benzene rings is 3. The summed E-state index contributed by atoms with van der Waals surface area (Å²) in [5.74, 6) is -3.91. The van der Waals surface area contributed by atoms with E-state index in [1.165, 1.54) is 28.8 Å². The number of hydrogen-bond donors (Lipinski definition) is 2. The van der Waals surface area contributed by atoms with E-state index in [0.29, 0.717) is 22.0 Å². The van der Waals surface area contributed by atoms with Gasteiger partial charge in [0.1, 0.15) is 5.82 Å². The summed E-state index contributed by atoms with van der Waals surface area (Å²) in [6, 6.07) is 18.0. The van der Waals surface area contributed by atoms with E-state index >= 15 is 0 Å². The number of halogens is 2. The molecule has 160 valence electrons. The topological polar surface area (TPSA) is 66.8 Å². The van der Waals surface area contributed by atoms with Crippen molar-refractivity contribution in [1.82, 2.24) is 4.57 Å². The van der Waals surface area contributed by atoms with Crippen LogP contribution in [0, 0.1) is 12.4 Å². The third-order valence-electron chi connectivity index (χ3n) is 5.26. The summed E-state index contributed by atoms with van der Waals surface area (Å²) < 4.78 is 15.5. The molecule has 0 aliphatic rings. The van der Waals surface area contributed by atoms with Crippen LogP contribution in [0.2, 0.25) is 5.02 Å². The molecule has 32 heavy (non-hydrogen) atoms. The molecular weight excluding hydrogens is 431 g/mol. The molecule has 0 amide bonds. The third kappa shape index (κ3) is 4.27. The van der Waals surface area contributed by atoms with Gasteiger partial charge in [-0.2, -0.15) is 0 Å². The molecule has 3 aromatic carbocycles. The van der Waals surface area contributed by atoms with Crippen molar-refractivity contribution in [3.63, 3.8) is 0 Å². The second-order valence-electron chi connectivity index (χ2n) is 7.51. The van der Waals surface area contributed by atoms with Gasteiger partial charge >= 0.3 is 0 Å². The third-order valence-corrected chi connectivity index (χ3v) is 5.57. The maximum absolute atomic E-state index is 13.9. The zero-order chi connectivity index (χ0) is 22.9. The van der Waals surface area contributed by atoms with Crippen LogP contribution in [0.4, 0.5) is 10.1 Å². The molecule has 0 aliphatic carbocycles. The SMILES string of the molecule is [C-]#[N+]c1ccc(CC(=O)C(O)(O)Cn2cc(-c3ccccc3)c3cc(F)ccc32)cc1Cl. The Bertz CT molecular complexity index is 1360. The van der Waals surface area contributed by atoms with Crippen LogP contribution in [0.3, 0.4) is 0 Å². The molecule has 4 aromatic rings. The summed E-state index contributed by atoms with van der Waals surface area (Å²) in [6.45, 7) is 6.60. The van der Waals surface area contributed by atoms with E-state index in [-0.39, 0.29) is 17.1 Å². The lowest BCUT2D eigenvalue weighted by Gasteiger charge is -2.21. The second-order valence-corrected chi connectivity index (χ2v) is 7.92. The number of carbonyl (C=O) groups excluding carboxylic acids is 1. The first-order valence-corrected chi connectivity index (χ1v) is 10.1. The van der Waals surface area contributed by atoms with Gasteiger partial charge in [-0.25, -0.2) is 9.24 Å². The monoisotopic (exact) mass is 448 g/mol. The number of ketones is 1. The van der Waals surface area contributed by atoms with Crippen molar-refractivity contribution in [2.45, 2.75) is 18.8 Å². The van der Waals surface area contributed by atoms with Crippen LogP contribution in [0.15, 0.2) is 72.9 Å². The predicted octanol–water partition coefficient (Wildman–Crippen LogP) is 5.14. The number of nitrogens with zero attached hydrogens (tertiary/aromatic N) is 2. The highest BCUT2D eigenvalue weighted by Gasteiger charge is 2.34. The standard InChI is InChI=1S/C25H18ClFN2O3/c1-28-22-9-7-16(11-21(22)26)12-24(30)25(31,32)15-29-14-20(17-5-3-2-4-6-17)19-13-18(27)8-10-23(19)29/h2-11,13-14,31-32H,12,15H2. The lowest BCUT2D eigenvalue weighted by molar-refractivity contribution is -0.186. The van der Waals surface area contributed by atoms with Crippen LogP contribution in [0.1, 0.15) is 5.56 Å². The van der Waals surface area contributed by atoms with Crippen LogP contribution >= 0.6 is 11.6 Å². The molecule has 2 N–H and O–H groups in total. The van der Waals surface area contributed by atoms with Crippen molar-refractivity contribution in [2.24, 2.45) is 0 Å². The van der Waals surface area contributed by atoms with E-state index in [2.05, 4.69) is 4.85 Å². The lowest BCUT2D eigenvalue weighted by atomic mass is 10.0. The van der Waals surface area contributed by atoms with Gasteiger partial charge < -0.3 is 14.8 Å². The molecule has 4 rings (SSSR count). The van der Waals surface area contributed by atoms with Gasteiger partial charge in [0.25, 0.3) is 0 Å². The van der Waals surface area contributed by atoms with Crippen LogP contribution in [-0.4, -0.2) is 26.4 Å². The highest BCUT2D eigenvalue weighted by Crippen LogP contribution is 2.32. The highest BCUT2D eigenvalue weighted by molar-refractivity contribution is 6.33. The molecule has 5 nitrogen and oxygen atoms in total. The van der Waals surface area contributed by atoms with Gasteiger partial charge in [-0.05, 0) is 29.3 Å². The zero-order valence-electron chi connectivity index (χ0n) is 16.8. The molecule has 1 aromatic heterocycles. The van der Waals surface area contributed by atoms with Crippen molar-refractivity contribution < 1.29 is 19.4 Å². The summed E-state index contributed by atoms with van der Waals surface area (Å²) in [5, 5.41) is 22.0. The van der Waals surface area contributed by atoms with E-state index < -0.39 is 23.9 Å². The van der Waals surface area contributed by atoms with Crippen LogP contribution in [-0.2, 0) is 17.8 Å². The van der Waals surface area contributed by atoms with E-state index in [4.69, 9.17) is 18.2 Å². The quantitative estimate of drug-likeness (QED) is 0.317. The number of fused-ring (bicyclic) bond motifs is 1. The first-order chi connectivity index (χ1) is 15.3. The van der Waals surface area contributed by atoms with Gasteiger partial charge in [0, 0.05) is 34.1 Å². The minimum Gasteiger partial charge on any atom is -0.358 e. The molecule has 0 saturated carbocycles. The van der Waals surface area contributed by atoms with E-state index in [1.807, 2.05) is 30.3 Å². The molecule has 1 heterocycles. The molecule has 0 atom stereocenters. The Morgan fingerprint density at radius 3 is 2.53 bits per heavy atom. The highest BCUT2D eigenvalue weighted by atomic mass is 35.5. The summed E-state index contributed by atoms with van der Waals surface area (Å²) >= 11 is 6.01. The molecule has 7 heteroatoms. The molecule has 0 aliphatic heterocycles. The Morgan fingerprint density at radius 1 is 1.09 bits per heavy atom. The molecule has 0 radical (unpaired) electrons. The first-order valence-electron chi connectivity index (χ1n) is 9.76. The van der Waals surface area contributed by atoms with Crippen LogP contribution in [0.25, 0.3) is 26.9 Å². The van der Waals surface area contributed by atoms with Crippen molar-refractivity contribution in [3.05, 3.63) is 101 Å². The van der Waals surface area contributed by atoms with Crippen molar-refractivity contribution >= 4 is 34.0 Å². The van der Waals surface area contributed by atoms with Gasteiger partial charge in [0.2, 0.25) is 11.5 Å². The Balaban J connectivity index is 1.65.